The van der Waals surface area contributed by atoms with Crippen LogP contribution < -0.4 is 5.32 Å². The van der Waals surface area contributed by atoms with Crippen molar-refractivity contribution in [3.63, 3.8) is 0 Å². The summed E-state index contributed by atoms with van der Waals surface area (Å²) >= 11 is 3.57. The van der Waals surface area contributed by atoms with Crippen molar-refractivity contribution >= 4 is 23.1 Å². The maximum Gasteiger partial charge on any atom is 0.103 e. The molecule has 0 aromatic carbocycles. The quantitative estimate of drug-likeness (QED) is 0.791. The average molecular weight is 202 g/mol. The minimum atomic E-state index is 0.904. The molecule has 0 aliphatic heterocycles. The third-order valence-electron chi connectivity index (χ3n) is 1.42. The average Bonchev–Trinajstić information content (AvgIpc) is 2.50. The van der Waals surface area contributed by atoms with Gasteiger partial charge in [0.15, 0.2) is 0 Å². The van der Waals surface area contributed by atoms with Gasteiger partial charge in [0, 0.05) is 17.7 Å². The molecule has 1 heterocycles. The number of hydrogen-bond acceptors (Lipinski definition) is 4. The molecule has 0 atom stereocenters. The molecule has 68 valence electrons. The topological polar surface area (TPSA) is 24.9 Å². The summed E-state index contributed by atoms with van der Waals surface area (Å²) in [6, 6.07) is 0. The van der Waals surface area contributed by atoms with Gasteiger partial charge in [-0.1, -0.05) is 6.92 Å². The van der Waals surface area contributed by atoms with Crippen molar-refractivity contribution in [1.82, 2.24) is 10.3 Å². The molecule has 0 fully saturated rings. The predicted octanol–water partition coefficient (Wildman–Crippen LogP) is 2.12. The lowest BCUT2D eigenvalue weighted by Crippen LogP contribution is -2.11. The Kier molecular flexibility index (Phi) is 4.65. The normalized spacial score (nSPS) is 10.5. The molecule has 0 aliphatic carbocycles. The minimum Gasteiger partial charge on any atom is -0.311 e. The highest BCUT2D eigenvalue weighted by atomic mass is 32.2. The second-order valence-corrected chi connectivity index (χ2v) is 4.25. The van der Waals surface area contributed by atoms with E-state index in [1.165, 1.54) is 10.7 Å². The highest BCUT2D eigenvalue weighted by molar-refractivity contribution is 7.97. The zero-order valence-corrected chi connectivity index (χ0v) is 9.10. The molecule has 1 aromatic heterocycles. The zero-order chi connectivity index (χ0) is 8.81. The van der Waals surface area contributed by atoms with Crippen molar-refractivity contribution in [2.24, 2.45) is 0 Å². The van der Waals surface area contributed by atoms with Gasteiger partial charge in [-0.2, -0.15) is 11.8 Å². The van der Waals surface area contributed by atoms with E-state index in [0.29, 0.717) is 0 Å². The number of hydrogen-bond donors (Lipinski definition) is 1. The summed E-state index contributed by atoms with van der Waals surface area (Å²) in [5, 5.41) is 6.62. The summed E-state index contributed by atoms with van der Waals surface area (Å²) in [5.74, 6) is 1.04. The van der Waals surface area contributed by atoms with Gasteiger partial charge in [-0.15, -0.1) is 11.3 Å². The second kappa shape index (κ2) is 5.56. The van der Waals surface area contributed by atoms with Crippen LogP contribution in [0.5, 0.6) is 0 Å². The van der Waals surface area contributed by atoms with E-state index in [9.17, 15) is 0 Å². The Morgan fingerprint density at radius 2 is 2.50 bits per heavy atom. The van der Waals surface area contributed by atoms with Crippen molar-refractivity contribution in [3.05, 3.63) is 16.1 Å². The molecule has 0 saturated carbocycles. The maximum atomic E-state index is 4.47. The van der Waals surface area contributed by atoms with Gasteiger partial charge < -0.3 is 5.32 Å². The number of nitrogens with zero attached hydrogens (tertiary/aromatic N) is 1. The second-order valence-electron chi connectivity index (χ2n) is 2.45. The van der Waals surface area contributed by atoms with Gasteiger partial charge in [-0.3, -0.25) is 0 Å². The lowest BCUT2D eigenvalue weighted by atomic mass is 10.5. The fourth-order valence-electron chi connectivity index (χ4n) is 0.873. The summed E-state index contributed by atoms with van der Waals surface area (Å²) in [4.78, 5) is 4.47. The predicted molar refractivity (Wildman–Crippen MR) is 56.7 cm³/mol. The molecule has 2 nitrogen and oxygen atoms in total. The van der Waals surface area contributed by atoms with Crippen LogP contribution in [0.3, 0.4) is 0 Å². The maximum absolute atomic E-state index is 4.47. The van der Waals surface area contributed by atoms with Gasteiger partial charge in [-0.25, -0.2) is 4.98 Å². The van der Waals surface area contributed by atoms with Gasteiger partial charge in [0.1, 0.15) is 5.01 Å². The standard InChI is InChI=1S/C8H14N2S2/c1-3-9-4-7-5-12-8(10-7)6-11-2/h5,9H,3-4,6H2,1-2H3. The number of thioether (sulfide) groups is 1. The Hall–Kier alpha value is -0.0600. The van der Waals surface area contributed by atoms with E-state index in [2.05, 4.69) is 28.9 Å². The Morgan fingerprint density at radius 3 is 3.17 bits per heavy atom. The number of nitrogens with one attached hydrogen (secondary N) is 1. The highest BCUT2D eigenvalue weighted by Gasteiger charge is 1.99. The van der Waals surface area contributed by atoms with Crippen LogP contribution in [0, 0.1) is 0 Å². The van der Waals surface area contributed by atoms with Crippen molar-refractivity contribution in [2.75, 3.05) is 12.8 Å². The highest BCUT2D eigenvalue weighted by Crippen LogP contribution is 2.14. The van der Waals surface area contributed by atoms with Crippen molar-refractivity contribution < 1.29 is 0 Å². The summed E-state index contributed by atoms with van der Waals surface area (Å²) < 4.78 is 0. The van der Waals surface area contributed by atoms with Gasteiger partial charge in [0.2, 0.25) is 0 Å². The first-order chi connectivity index (χ1) is 5.86. The summed E-state index contributed by atoms with van der Waals surface area (Å²) in [7, 11) is 0. The molecule has 0 spiro atoms. The molecule has 1 rings (SSSR count). The van der Waals surface area contributed by atoms with Crippen LogP contribution in [-0.2, 0) is 12.3 Å². The number of thiazole rings is 1. The zero-order valence-electron chi connectivity index (χ0n) is 7.46. The first-order valence-electron chi connectivity index (χ1n) is 3.99. The van der Waals surface area contributed by atoms with Crippen LogP contribution in [0.4, 0.5) is 0 Å². The van der Waals surface area contributed by atoms with Crippen molar-refractivity contribution in [1.29, 1.82) is 0 Å². The first kappa shape index (κ1) is 10.0. The molecule has 0 bridgehead atoms. The van der Waals surface area contributed by atoms with Gasteiger partial charge in [0.05, 0.1) is 5.69 Å². The minimum absolute atomic E-state index is 0.904. The largest absolute Gasteiger partial charge is 0.311 e. The fourth-order valence-corrected chi connectivity index (χ4v) is 2.39. The number of aromatic nitrogens is 1. The van der Waals surface area contributed by atoms with E-state index in [4.69, 9.17) is 0 Å². The smallest absolute Gasteiger partial charge is 0.103 e. The molecule has 0 radical (unpaired) electrons. The van der Waals surface area contributed by atoms with Crippen LogP contribution in [-0.4, -0.2) is 17.8 Å². The Labute approximate surface area is 81.8 Å². The molecule has 0 aliphatic rings. The van der Waals surface area contributed by atoms with Crippen LogP contribution in [0.2, 0.25) is 0 Å². The van der Waals surface area contributed by atoms with Crippen LogP contribution in [0.1, 0.15) is 17.6 Å². The molecule has 0 amide bonds. The summed E-state index contributed by atoms with van der Waals surface area (Å²) in [6.07, 6.45) is 2.10. The molecule has 1 aromatic rings. The van der Waals surface area contributed by atoms with E-state index in [0.717, 1.165) is 18.8 Å². The summed E-state index contributed by atoms with van der Waals surface area (Å²) in [6.45, 7) is 4.02. The Morgan fingerprint density at radius 1 is 1.67 bits per heavy atom. The van der Waals surface area contributed by atoms with Gasteiger partial charge in [-0.05, 0) is 12.8 Å². The SMILES string of the molecule is CCNCc1csc(CSC)n1. The van der Waals surface area contributed by atoms with E-state index in [-0.39, 0.29) is 0 Å². The van der Waals surface area contributed by atoms with Crippen LogP contribution >= 0.6 is 23.1 Å². The first-order valence-corrected chi connectivity index (χ1v) is 6.27. The molecule has 1 N–H and O–H groups in total. The molecule has 12 heavy (non-hydrogen) atoms. The van der Waals surface area contributed by atoms with Gasteiger partial charge in [0.25, 0.3) is 0 Å². The molecular weight excluding hydrogens is 188 g/mol. The Balaban J connectivity index is 2.41. The molecular formula is C8H14N2S2. The van der Waals surface area contributed by atoms with E-state index in [1.54, 1.807) is 11.3 Å². The number of rotatable bonds is 5. The third-order valence-corrected chi connectivity index (χ3v) is 3.07. The van der Waals surface area contributed by atoms with Crippen molar-refractivity contribution in [3.8, 4) is 0 Å². The molecule has 0 unspecified atom stereocenters. The monoisotopic (exact) mass is 202 g/mol. The van der Waals surface area contributed by atoms with Crippen LogP contribution in [0.15, 0.2) is 5.38 Å². The summed E-state index contributed by atoms with van der Waals surface area (Å²) in [5.41, 5.74) is 1.17. The fraction of sp³-hybridized carbons (Fsp3) is 0.625. The van der Waals surface area contributed by atoms with Crippen LogP contribution in [0.25, 0.3) is 0 Å². The van der Waals surface area contributed by atoms with E-state index >= 15 is 0 Å². The molecule has 0 saturated heterocycles. The van der Waals surface area contributed by atoms with Gasteiger partial charge >= 0.3 is 0 Å². The van der Waals surface area contributed by atoms with E-state index in [1.807, 2.05) is 11.8 Å². The lowest BCUT2D eigenvalue weighted by molar-refractivity contribution is 0.713. The van der Waals surface area contributed by atoms with E-state index < -0.39 is 0 Å². The molecule has 4 heteroatoms. The Bertz CT molecular complexity index is 223. The lowest BCUT2D eigenvalue weighted by Gasteiger charge is -1.95. The van der Waals surface area contributed by atoms with Crippen molar-refractivity contribution in [2.45, 2.75) is 19.2 Å². The third kappa shape index (κ3) is 3.13.